The van der Waals surface area contributed by atoms with E-state index in [0.29, 0.717) is 6.61 Å². The number of hydrogen-bond donors (Lipinski definition) is 2. The van der Waals surface area contributed by atoms with Crippen LogP contribution in [0.4, 0.5) is 4.39 Å². The Balaban J connectivity index is 1.40. The van der Waals surface area contributed by atoms with Crippen molar-refractivity contribution < 1.29 is 23.8 Å². The molecule has 2 aromatic rings. The molecule has 2 atom stereocenters. The first-order valence-corrected chi connectivity index (χ1v) is 11.8. The number of carboxylic acid groups (broad SMARTS) is 1. The van der Waals surface area contributed by atoms with Crippen molar-refractivity contribution in [2.75, 3.05) is 13.2 Å². The molecule has 0 fully saturated rings. The highest BCUT2D eigenvalue weighted by Crippen LogP contribution is 2.21. The van der Waals surface area contributed by atoms with Gasteiger partial charge in [-0.3, -0.25) is 9.78 Å². The molecule has 6 nitrogen and oxygen atoms in total. The number of carbonyl (C=O) groups excluding carboxylic acids is 1. The number of nitrogens with zero attached hydrogens (tertiary/aromatic N) is 1. The van der Waals surface area contributed by atoms with Crippen LogP contribution in [-0.2, 0) is 28.8 Å². The average molecular weight is 477 g/mol. The number of carboxylic acids is 1. The normalized spacial score (nSPS) is 14.9. The number of nitrogens with one attached hydrogen (secondary N) is 1. The number of aromatic nitrogens is 1. The monoisotopic (exact) mass is 476 g/mol. The van der Waals surface area contributed by atoms with Crippen molar-refractivity contribution in [3.8, 4) is 0 Å². The molecule has 1 aliphatic carbocycles. The summed E-state index contributed by atoms with van der Waals surface area (Å²) in [4.78, 5) is 28.6. The molecule has 1 aromatic carbocycles. The number of ether oxygens (including phenoxy) is 1. The second-order valence-corrected chi connectivity index (χ2v) is 8.99. The zero-order valence-electron chi connectivity index (χ0n) is 18.8. The third-order valence-corrected chi connectivity index (χ3v) is 6.19. The highest BCUT2D eigenvalue weighted by molar-refractivity contribution is 6.33. The molecule has 33 heavy (non-hydrogen) atoms. The first-order valence-electron chi connectivity index (χ1n) is 11.4. The van der Waals surface area contributed by atoms with Gasteiger partial charge in [-0.1, -0.05) is 30.7 Å². The summed E-state index contributed by atoms with van der Waals surface area (Å²) >= 11 is 5.88. The third kappa shape index (κ3) is 7.24. The number of aliphatic carboxylic acids is 1. The summed E-state index contributed by atoms with van der Waals surface area (Å²) in [5.41, 5.74) is 3.35. The van der Waals surface area contributed by atoms with Gasteiger partial charge in [0, 0.05) is 31.0 Å². The quantitative estimate of drug-likeness (QED) is 0.462. The molecule has 178 valence electrons. The van der Waals surface area contributed by atoms with Crippen molar-refractivity contribution in [1.29, 1.82) is 0 Å². The number of carbonyl (C=O) groups is 2. The molecule has 1 aromatic heterocycles. The van der Waals surface area contributed by atoms with E-state index in [-0.39, 0.29) is 29.5 Å². The second-order valence-electron chi connectivity index (χ2n) is 8.58. The minimum atomic E-state index is -1.22. The van der Waals surface area contributed by atoms with E-state index in [2.05, 4.69) is 24.4 Å². The van der Waals surface area contributed by atoms with Crippen molar-refractivity contribution >= 4 is 23.5 Å². The van der Waals surface area contributed by atoms with Gasteiger partial charge in [-0.15, -0.1) is 0 Å². The molecule has 0 aliphatic heterocycles. The zero-order valence-corrected chi connectivity index (χ0v) is 19.5. The highest BCUT2D eigenvalue weighted by atomic mass is 35.5. The van der Waals surface area contributed by atoms with Gasteiger partial charge >= 0.3 is 5.97 Å². The Morgan fingerprint density at radius 2 is 2.00 bits per heavy atom. The van der Waals surface area contributed by atoms with Crippen molar-refractivity contribution in [3.05, 3.63) is 63.7 Å². The van der Waals surface area contributed by atoms with Crippen LogP contribution in [0.1, 0.15) is 59.9 Å². The summed E-state index contributed by atoms with van der Waals surface area (Å²) in [6.07, 6.45) is 6.48. The third-order valence-electron chi connectivity index (χ3n) is 5.88. The molecular formula is C25H30ClFN2O4. The van der Waals surface area contributed by atoms with Gasteiger partial charge in [-0.25, -0.2) is 9.18 Å². The largest absolute Gasteiger partial charge is 0.480 e. The number of amides is 1. The SMILES string of the molecule is C[C@@H](CCc1ccc2c(n1)CCCC2)COCC[C@H](NC(=O)c1c(F)cccc1Cl)C(=O)O. The Bertz CT molecular complexity index is 965. The van der Waals surface area contributed by atoms with Gasteiger partial charge < -0.3 is 15.2 Å². The van der Waals surface area contributed by atoms with Crippen LogP contribution in [0.3, 0.4) is 0 Å². The molecule has 0 radical (unpaired) electrons. The number of aryl methyl sites for hydroxylation is 3. The maximum atomic E-state index is 13.9. The fourth-order valence-electron chi connectivity index (χ4n) is 3.93. The van der Waals surface area contributed by atoms with E-state index >= 15 is 0 Å². The standard InChI is InChI=1S/C25H30ClFN2O4/c1-16(9-11-18-12-10-17-5-2-3-8-21(17)28-18)15-33-14-13-22(25(31)32)29-24(30)23-19(26)6-4-7-20(23)27/h4,6-7,10,12,16,22H,2-3,5,8-9,11,13-15H2,1H3,(H,29,30)(H,31,32)/t16-,22-/m0/s1. The van der Waals surface area contributed by atoms with Crippen LogP contribution >= 0.6 is 11.6 Å². The van der Waals surface area contributed by atoms with E-state index in [1.807, 2.05) is 0 Å². The molecule has 1 heterocycles. The van der Waals surface area contributed by atoms with Gasteiger partial charge in [0.05, 0.1) is 10.6 Å². The minimum absolute atomic E-state index is 0.0617. The highest BCUT2D eigenvalue weighted by Gasteiger charge is 2.24. The smallest absolute Gasteiger partial charge is 0.326 e. The topological polar surface area (TPSA) is 88.5 Å². The predicted molar refractivity (Wildman–Crippen MR) is 124 cm³/mol. The summed E-state index contributed by atoms with van der Waals surface area (Å²) in [6, 6.07) is 6.95. The van der Waals surface area contributed by atoms with Gasteiger partial charge in [0.1, 0.15) is 11.9 Å². The van der Waals surface area contributed by atoms with Crippen LogP contribution in [0.15, 0.2) is 30.3 Å². The van der Waals surface area contributed by atoms with E-state index in [9.17, 15) is 19.1 Å². The summed E-state index contributed by atoms with van der Waals surface area (Å²) in [5, 5.41) is 11.7. The van der Waals surface area contributed by atoms with E-state index in [0.717, 1.165) is 37.4 Å². The molecule has 8 heteroatoms. The minimum Gasteiger partial charge on any atom is -0.480 e. The Morgan fingerprint density at radius 3 is 2.76 bits per heavy atom. The van der Waals surface area contributed by atoms with E-state index < -0.39 is 23.7 Å². The van der Waals surface area contributed by atoms with Crippen LogP contribution in [0.25, 0.3) is 0 Å². The van der Waals surface area contributed by atoms with Crippen molar-refractivity contribution in [2.45, 2.75) is 57.9 Å². The summed E-state index contributed by atoms with van der Waals surface area (Å²) < 4.78 is 19.6. The first kappa shape index (κ1) is 25.1. The molecule has 1 aliphatic rings. The van der Waals surface area contributed by atoms with Crippen LogP contribution in [-0.4, -0.2) is 41.2 Å². The molecule has 2 N–H and O–H groups in total. The molecule has 0 saturated heterocycles. The summed E-state index contributed by atoms with van der Waals surface area (Å²) in [5.74, 6) is -2.61. The second kappa shape index (κ2) is 12.1. The molecule has 3 rings (SSSR count). The number of benzene rings is 1. The molecule has 0 unspecified atom stereocenters. The molecule has 0 spiro atoms. The average Bonchev–Trinajstić information content (AvgIpc) is 2.79. The summed E-state index contributed by atoms with van der Waals surface area (Å²) in [7, 11) is 0. The molecule has 0 saturated carbocycles. The lowest BCUT2D eigenvalue weighted by atomic mass is 9.95. The number of hydrogen-bond acceptors (Lipinski definition) is 4. The maximum absolute atomic E-state index is 13.9. The number of halogens is 2. The predicted octanol–water partition coefficient (Wildman–Crippen LogP) is 4.61. The van der Waals surface area contributed by atoms with Crippen LogP contribution in [0.5, 0.6) is 0 Å². The van der Waals surface area contributed by atoms with Gasteiger partial charge in [0.15, 0.2) is 0 Å². The number of fused-ring (bicyclic) bond motifs is 1. The van der Waals surface area contributed by atoms with Crippen molar-refractivity contribution in [2.24, 2.45) is 5.92 Å². The van der Waals surface area contributed by atoms with Crippen molar-refractivity contribution in [1.82, 2.24) is 10.3 Å². The lowest BCUT2D eigenvalue weighted by Gasteiger charge is -2.17. The number of rotatable bonds is 11. The lowest BCUT2D eigenvalue weighted by Crippen LogP contribution is -2.42. The first-order chi connectivity index (χ1) is 15.8. The van der Waals surface area contributed by atoms with Crippen molar-refractivity contribution in [3.63, 3.8) is 0 Å². The van der Waals surface area contributed by atoms with Crippen LogP contribution in [0.2, 0.25) is 5.02 Å². The van der Waals surface area contributed by atoms with Gasteiger partial charge in [0.2, 0.25) is 0 Å². The van der Waals surface area contributed by atoms with Crippen LogP contribution in [0, 0.1) is 11.7 Å². The fraction of sp³-hybridized carbons (Fsp3) is 0.480. The van der Waals surface area contributed by atoms with Crippen LogP contribution < -0.4 is 5.32 Å². The zero-order chi connectivity index (χ0) is 23.8. The van der Waals surface area contributed by atoms with E-state index in [4.69, 9.17) is 21.3 Å². The van der Waals surface area contributed by atoms with Gasteiger partial charge in [0.25, 0.3) is 5.91 Å². The van der Waals surface area contributed by atoms with Gasteiger partial charge in [-0.2, -0.15) is 0 Å². The molecule has 0 bridgehead atoms. The lowest BCUT2D eigenvalue weighted by molar-refractivity contribution is -0.139. The molecule has 1 amide bonds. The van der Waals surface area contributed by atoms with E-state index in [1.165, 1.54) is 36.2 Å². The van der Waals surface area contributed by atoms with Gasteiger partial charge in [-0.05, 0) is 68.2 Å². The Labute approximate surface area is 198 Å². The molecular weight excluding hydrogens is 447 g/mol. The number of pyridine rings is 1. The summed E-state index contributed by atoms with van der Waals surface area (Å²) in [6.45, 7) is 2.71. The Morgan fingerprint density at radius 1 is 1.21 bits per heavy atom. The Kier molecular flexibility index (Phi) is 9.21. The fourth-order valence-corrected chi connectivity index (χ4v) is 4.18. The maximum Gasteiger partial charge on any atom is 0.326 e. The van der Waals surface area contributed by atoms with E-state index in [1.54, 1.807) is 0 Å². The Hall–Kier alpha value is -2.51.